The van der Waals surface area contributed by atoms with Gasteiger partial charge in [-0.25, -0.2) is 4.39 Å². The van der Waals surface area contributed by atoms with Gasteiger partial charge in [-0.05, 0) is 48.0 Å². The number of benzene rings is 1. The number of hydrogen-bond acceptors (Lipinski definition) is 2. The van der Waals surface area contributed by atoms with Gasteiger partial charge >= 0.3 is 0 Å². The predicted molar refractivity (Wildman–Crippen MR) is 70.5 cm³/mol. The van der Waals surface area contributed by atoms with Crippen molar-refractivity contribution in [3.8, 4) is 0 Å². The third kappa shape index (κ3) is 4.00. The van der Waals surface area contributed by atoms with Gasteiger partial charge in [-0.1, -0.05) is 0 Å². The molecule has 0 atom stereocenters. The second kappa shape index (κ2) is 6.59. The molecule has 94 valence electrons. The topological polar surface area (TPSA) is 32.3 Å². The second-order valence-electron chi connectivity index (χ2n) is 3.55. The Morgan fingerprint density at radius 1 is 1.41 bits per heavy atom. The summed E-state index contributed by atoms with van der Waals surface area (Å²) < 4.78 is 13.6. The number of amides is 1. The zero-order valence-electron chi connectivity index (χ0n) is 9.96. The van der Waals surface area contributed by atoms with Crippen molar-refractivity contribution in [2.75, 3.05) is 25.0 Å². The number of nitrogens with zero attached hydrogens (tertiary/aromatic N) is 1. The number of anilines is 1. The van der Waals surface area contributed by atoms with Crippen molar-refractivity contribution in [3.63, 3.8) is 0 Å². The third-order valence-corrected chi connectivity index (χ3v) is 3.12. The van der Waals surface area contributed by atoms with Crippen LogP contribution < -0.4 is 5.32 Å². The highest BCUT2D eigenvalue weighted by Crippen LogP contribution is 2.19. The van der Waals surface area contributed by atoms with E-state index >= 15 is 0 Å². The molecule has 17 heavy (non-hydrogen) atoms. The van der Waals surface area contributed by atoms with Crippen LogP contribution in [-0.4, -0.2) is 30.4 Å². The van der Waals surface area contributed by atoms with E-state index < -0.39 is 0 Å². The van der Waals surface area contributed by atoms with Crippen LogP contribution in [0.25, 0.3) is 0 Å². The van der Waals surface area contributed by atoms with Crippen molar-refractivity contribution in [3.05, 3.63) is 28.5 Å². The van der Waals surface area contributed by atoms with Gasteiger partial charge in [0.1, 0.15) is 5.82 Å². The minimum Gasteiger partial charge on any atom is -0.376 e. The van der Waals surface area contributed by atoms with Crippen LogP contribution in [0.3, 0.4) is 0 Å². The zero-order chi connectivity index (χ0) is 12.8. The van der Waals surface area contributed by atoms with E-state index in [1.54, 1.807) is 17.0 Å². The maximum Gasteiger partial charge on any atom is 0.241 e. The molecule has 0 aliphatic rings. The normalized spacial score (nSPS) is 10.1. The Bertz CT molecular complexity index is 394. The molecular formula is C12H16BrFN2O. The van der Waals surface area contributed by atoms with E-state index in [9.17, 15) is 9.18 Å². The summed E-state index contributed by atoms with van der Waals surface area (Å²) in [4.78, 5) is 13.4. The fraction of sp³-hybridized carbons (Fsp3) is 0.417. The molecule has 1 aromatic rings. The Labute approximate surface area is 109 Å². The summed E-state index contributed by atoms with van der Waals surface area (Å²) in [5, 5.41) is 2.91. The Morgan fingerprint density at radius 3 is 2.59 bits per heavy atom. The molecule has 1 amide bonds. The Kier molecular flexibility index (Phi) is 5.41. The van der Waals surface area contributed by atoms with Gasteiger partial charge in [0.05, 0.1) is 11.0 Å². The minimum atomic E-state index is -0.342. The van der Waals surface area contributed by atoms with Crippen molar-refractivity contribution < 1.29 is 9.18 Å². The van der Waals surface area contributed by atoms with Crippen LogP contribution in [0.5, 0.6) is 0 Å². The molecule has 1 rings (SSSR count). The summed E-state index contributed by atoms with van der Waals surface area (Å²) in [7, 11) is 0. The number of nitrogens with one attached hydrogen (secondary N) is 1. The molecule has 0 aliphatic heterocycles. The summed E-state index contributed by atoms with van der Waals surface area (Å²) in [5.74, 6) is -0.330. The Balaban J connectivity index is 2.55. The Morgan fingerprint density at radius 2 is 2.06 bits per heavy atom. The number of carbonyl (C=O) groups is 1. The molecule has 0 heterocycles. The molecule has 1 aromatic carbocycles. The SMILES string of the molecule is CCN(CC)C(=O)CNc1ccc(Br)c(F)c1. The highest BCUT2D eigenvalue weighted by atomic mass is 79.9. The maximum absolute atomic E-state index is 13.2. The fourth-order valence-corrected chi connectivity index (χ4v) is 1.72. The first-order chi connectivity index (χ1) is 8.08. The summed E-state index contributed by atoms with van der Waals surface area (Å²) in [5.41, 5.74) is 0.603. The van der Waals surface area contributed by atoms with E-state index in [0.717, 1.165) is 0 Å². The quantitative estimate of drug-likeness (QED) is 0.907. The van der Waals surface area contributed by atoms with Gasteiger partial charge in [0.25, 0.3) is 0 Å². The first kappa shape index (κ1) is 14.0. The molecular weight excluding hydrogens is 287 g/mol. The molecule has 0 aliphatic carbocycles. The summed E-state index contributed by atoms with van der Waals surface area (Å²) in [6.45, 7) is 5.42. The van der Waals surface area contributed by atoms with Gasteiger partial charge < -0.3 is 10.2 Å². The number of hydrogen-bond donors (Lipinski definition) is 1. The monoisotopic (exact) mass is 302 g/mol. The first-order valence-electron chi connectivity index (χ1n) is 5.55. The standard InChI is InChI=1S/C12H16BrFN2O/c1-3-16(4-2)12(17)8-15-9-5-6-10(13)11(14)7-9/h5-7,15H,3-4,8H2,1-2H3. The molecule has 5 heteroatoms. The van der Waals surface area contributed by atoms with E-state index in [2.05, 4.69) is 21.2 Å². The number of halogens is 2. The molecule has 0 saturated carbocycles. The molecule has 0 unspecified atom stereocenters. The maximum atomic E-state index is 13.2. The van der Waals surface area contributed by atoms with Crippen molar-refractivity contribution in [1.29, 1.82) is 0 Å². The van der Waals surface area contributed by atoms with Gasteiger partial charge in [-0.2, -0.15) is 0 Å². The highest BCUT2D eigenvalue weighted by Gasteiger charge is 2.09. The lowest BCUT2D eigenvalue weighted by Crippen LogP contribution is -2.35. The van der Waals surface area contributed by atoms with E-state index in [4.69, 9.17) is 0 Å². The average molecular weight is 303 g/mol. The van der Waals surface area contributed by atoms with Crippen LogP contribution in [0.4, 0.5) is 10.1 Å². The molecule has 0 radical (unpaired) electrons. The molecule has 0 saturated heterocycles. The van der Waals surface area contributed by atoms with E-state index in [1.807, 2.05) is 13.8 Å². The van der Waals surface area contributed by atoms with Crippen LogP contribution in [0.2, 0.25) is 0 Å². The second-order valence-corrected chi connectivity index (χ2v) is 4.40. The largest absolute Gasteiger partial charge is 0.376 e. The van der Waals surface area contributed by atoms with Gasteiger partial charge in [-0.15, -0.1) is 0 Å². The lowest BCUT2D eigenvalue weighted by atomic mass is 10.3. The van der Waals surface area contributed by atoms with Crippen molar-refractivity contribution in [2.45, 2.75) is 13.8 Å². The molecule has 0 fully saturated rings. The lowest BCUT2D eigenvalue weighted by Gasteiger charge is -2.19. The molecule has 1 N–H and O–H groups in total. The molecule has 3 nitrogen and oxygen atoms in total. The first-order valence-corrected chi connectivity index (χ1v) is 6.34. The van der Waals surface area contributed by atoms with Gasteiger partial charge in [0, 0.05) is 18.8 Å². The highest BCUT2D eigenvalue weighted by molar-refractivity contribution is 9.10. The summed E-state index contributed by atoms with van der Waals surface area (Å²) in [6, 6.07) is 4.70. The molecule has 0 aromatic heterocycles. The van der Waals surface area contributed by atoms with E-state index in [-0.39, 0.29) is 18.3 Å². The number of rotatable bonds is 5. The Hall–Kier alpha value is -1.10. The molecule has 0 bridgehead atoms. The lowest BCUT2D eigenvalue weighted by molar-refractivity contribution is -0.128. The van der Waals surface area contributed by atoms with E-state index in [1.165, 1.54) is 6.07 Å². The fourth-order valence-electron chi connectivity index (χ4n) is 1.47. The van der Waals surface area contributed by atoms with Gasteiger partial charge in [0.15, 0.2) is 0 Å². The van der Waals surface area contributed by atoms with Crippen LogP contribution in [0.15, 0.2) is 22.7 Å². The van der Waals surface area contributed by atoms with E-state index in [0.29, 0.717) is 23.2 Å². The average Bonchev–Trinajstić information content (AvgIpc) is 2.32. The van der Waals surface area contributed by atoms with Crippen LogP contribution in [0, 0.1) is 5.82 Å². The van der Waals surface area contributed by atoms with Gasteiger partial charge in [-0.3, -0.25) is 4.79 Å². The zero-order valence-corrected chi connectivity index (χ0v) is 11.6. The van der Waals surface area contributed by atoms with Crippen molar-refractivity contribution in [1.82, 2.24) is 4.90 Å². The number of carbonyl (C=O) groups excluding carboxylic acids is 1. The van der Waals surface area contributed by atoms with Crippen molar-refractivity contribution >= 4 is 27.5 Å². The smallest absolute Gasteiger partial charge is 0.241 e. The predicted octanol–water partition coefficient (Wildman–Crippen LogP) is 2.87. The van der Waals surface area contributed by atoms with Crippen molar-refractivity contribution in [2.24, 2.45) is 0 Å². The number of likely N-dealkylation sites (N-methyl/N-ethyl adjacent to an activating group) is 1. The van der Waals surface area contributed by atoms with Crippen LogP contribution in [-0.2, 0) is 4.79 Å². The summed E-state index contributed by atoms with van der Waals surface area (Å²) in [6.07, 6.45) is 0. The van der Waals surface area contributed by atoms with Crippen LogP contribution >= 0.6 is 15.9 Å². The summed E-state index contributed by atoms with van der Waals surface area (Å²) >= 11 is 3.08. The minimum absolute atomic E-state index is 0.0123. The van der Waals surface area contributed by atoms with Crippen LogP contribution in [0.1, 0.15) is 13.8 Å². The third-order valence-electron chi connectivity index (χ3n) is 2.48. The van der Waals surface area contributed by atoms with Gasteiger partial charge in [0.2, 0.25) is 5.91 Å². The molecule has 0 spiro atoms.